The van der Waals surface area contributed by atoms with Gasteiger partial charge in [0.15, 0.2) is 0 Å². The van der Waals surface area contributed by atoms with E-state index in [1.54, 1.807) is 0 Å². The quantitative estimate of drug-likeness (QED) is 0.449. The van der Waals surface area contributed by atoms with Crippen LogP contribution in [0.25, 0.3) is 0 Å². The molecule has 0 saturated carbocycles. The summed E-state index contributed by atoms with van der Waals surface area (Å²) in [6.07, 6.45) is 11.7. The molecule has 0 bridgehead atoms. The topological polar surface area (TPSA) is 21.6 Å². The van der Waals surface area contributed by atoms with Crippen LogP contribution in [0, 0.1) is 19.8 Å². The van der Waals surface area contributed by atoms with Crippen LogP contribution in [0.5, 0.6) is 5.75 Å². The normalized spacial score (nSPS) is 16.9. The maximum absolute atomic E-state index is 6.38. The van der Waals surface area contributed by atoms with Gasteiger partial charge in [0.2, 0.25) is 0 Å². The van der Waals surface area contributed by atoms with E-state index in [-0.39, 0.29) is 5.54 Å². The summed E-state index contributed by atoms with van der Waals surface area (Å²) in [7, 11) is 0.531. The van der Waals surface area contributed by atoms with Crippen LogP contribution in [0.4, 0.5) is 0 Å². The molecule has 0 N–H and O–H groups in total. The molecule has 0 aliphatic heterocycles. The molecule has 2 aromatic rings. The average Bonchev–Trinajstić information content (AvgIpc) is 2.67. The molecule has 1 aliphatic carbocycles. The standard InChI is InChI=1S/C26H32NOP/c1-19-15-20(2)25(28-18-21-11-7-6-8-12-21)24(16-19)29-23-14-10-9-13-22(23)17-27-26(3,4)5/h6-11,13-17,21,29H,12,18H2,1-5H3. The van der Waals surface area contributed by atoms with Gasteiger partial charge in [-0.3, -0.25) is 4.99 Å². The van der Waals surface area contributed by atoms with Gasteiger partial charge in [-0.05, 0) is 63.5 Å². The zero-order valence-electron chi connectivity index (χ0n) is 18.2. The summed E-state index contributed by atoms with van der Waals surface area (Å²) in [6.45, 7) is 11.4. The van der Waals surface area contributed by atoms with Crippen LogP contribution in [0.3, 0.4) is 0 Å². The Hall–Kier alpha value is -2.18. The Balaban J connectivity index is 1.86. The van der Waals surface area contributed by atoms with E-state index in [1.165, 1.54) is 27.3 Å². The van der Waals surface area contributed by atoms with Crippen LogP contribution in [0.1, 0.15) is 43.9 Å². The highest BCUT2D eigenvalue weighted by atomic mass is 31.1. The predicted octanol–water partition coefficient (Wildman–Crippen LogP) is 5.66. The Morgan fingerprint density at radius 1 is 1.10 bits per heavy atom. The third-order valence-electron chi connectivity index (χ3n) is 4.75. The van der Waals surface area contributed by atoms with Crippen LogP contribution >= 0.6 is 8.58 Å². The van der Waals surface area contributed by atoms with Crippen molar-refractivity contribution in [2.45, 2.75) is 46.6 Å². The van der Waals surface area contributed by atoms with Crippen molar-refractivity contribution in [1.29, 1.82) is 0 Å². The molecule has 3 heteroatoms. The van der Waals surface area contributed by atoms with E-state index in [2.05, 4.69) is 95.3 Å². The third-order valence-corrected chi connectivity index (χ3v) is 6.12. The molecule has 2 unspecified atom stereocenters. The second-order valence-electron chi connectivity index (χ2n) is 8.72. The molecule has 0 radical (unpaired) electrons. The molecule has 0 saturated heterocycles. The summed E-state index contributed by atoms with van der Waals surface area (Å²) in [4.78, 5) is 4.72. The van der Waals surface area contributed by atoms with Gasteiger partial charge in [0, 0.05) is 23.0 Å². The first kappa shape index (κ1) is 21.5. The fraction of sp³-hybridized carbons (Fsp3) is 0.346. The second-order valence-corrected chi connectivity index (χ2v) is 10.0. The minimum Gasteiger partial charge on any atom is -0.492 e. The molecule has 0 fully saturated rings. The highest BCUT2D eigenvalue weighted by molar-refractivity contribution is 7.56. The highest BCUT2D eigenvalue weighted by Crippen LogP contribution is 2.27. The zero-order valence-corrected chi connectivity index (χ0v) is 19.2. The molecule has 2 aromatic carbocycles. The van der Waals surface area contributed by atoms with Crippen molar-refractivity contribution in [3.05, 3.63) is 77.4 Å². The number of hydrogen-bond acceptors (Lipinski definition) is 2. The molecule has 0 heterocycles. The Bertz CT molecular complexity index is 934. The SMILES string of the molecule is Cc1cc(C)c(OCC2C=CC=CC2)c(Pc2ccccc2C=NC(C)(C)C)c1. The number of allylic oxidation sites excluding steroid dienone is 3. The first-order chi connectivity index (χ1) is 13.8. The first-order valence-electron chi connectivity index (χ1n) is 10.3. The van der Waals surface area contributed by atoms with Crippen LogP contribution < -0.4 is 15.3 Å². The summed E-state index contributed by atoms with van der Waals surface area (Å²) in [5.41, 5.74) is 3.60. The number of hydrogen-bond donors (Lipinski definition) is 0. The average molecular weight is 406 g/mol. The van der Waals surface area contributed by atoms with E-state index in [4.69, 9.17) is 9.73 Å². The van der Waals surface area contributed by atoms with E-state index in [9.17, 15) is 0 Å². The van der Waals surface area contributed by atoms with Gasteiger partial charge in [0.25, 0.3) is 0 Å². The number of aliphatic imine (C=N–C) groups is 1. The van der Waals surface area contributed by atoms with Crippen molar-refractivity contribution >= 4 is 25.4 Å². The molecule has 152 valence electrons. The number of nitrogens with zero attached hydrogens (tertiary/aromatic N) is 1. The zero-order chi connectivity index (χ0) is 20.9. The minimum atomic E-state index is -0.0770. The Morgan fingerprint density at radius 3 is 2.62 bits per heavy atom. The third kappa shape index (κ3) is 6.41. The maximum atomic E-state index is 6.38. The lowest BCUT2D eigenvalue weighted by atomic mass is 10.0. The fourth-order valence-electron chi connectivity index (χ4n) is 3.32. The predicted molar refractivity (Wildman–Crippen MR) is 129 cm³/mol. The van der Waals surface area contributed by atoms with E-state index in [0.717, 1.165) is 18.8 Å². The van der Waals surface area contributed by atoms with Gasteiger partial charge in [-0.1, -0.05) is 63.2 Å². The van der Waals surface area contributed by atoms with Crippen LogP contribution in [-0.2, 0) is 0 Å². The van der Waals surface area contributed by atoms with E-state index in [1.807, 2.05) is 6.21 Å². The molecule has 0 amide bonds. The number of aryl methyl sites for hydroxylation is 2. The molecule has 1 aliphatic rings. The van der Waals surface area contributed by atoms with Crippen molar-refractivity contribution in [3.8, 4) is 5.75 Å². The van der Waals surface area contributed by atoms with Crippen molar-refractivity contribution in [2.75, 3.05) is 6.61 Å². The monoisotopic (exact) mass is 405 g/mol. The fourth-order valence-corrected chi connectivity index (χ4v) is 4.76. The lowest BCUT2D eigenvalue weighted by Crippen LogP contribution is -2.17. The summed E-state index contributed by atoms with van der Waals surface area (Å²) in [5.74, 6) is 1.49. The molecule has 2 atom stereocenters. The minimum absolute atomic E-state index is 0.0770. The van der Waals surface area contributed by atoms with E-state index >= 15 is 0 Å². The second kappa shape index (κ2) is 9.55. The summed E-state index contributed by atoms with van der Waals surface area (Å²) >= 11 is 0. The smallest absolute Gasteiger partial charge is 0.129 e. The van der Waals surface area contributed by atoms with Gasteiger partial charge in [-0.2, -0.15) is 0 Å². The van der Waals surface area contributed by atoms with E-state index < -0.39 is 0 Å². The first-order valence-corrected chi connectivity index (χ1v) is 11.3. The molecule has 0 spiro atoms. The molecule has 2 nitrogen and oxygen atoms in total. The molecule has 3 rings (SSSR count). The van der Waals surface area contributed by atoms with Crippen molar-refractivity contribution in [3.63, 3.8) is 0 Å². The van der Waals surface area contributed by atoms with Gasteiger partial charge >= 0.3 is 0 Å². The van der Waals surface area contributed by atoms with Crippen LogP contribution in [0.15, 0.2) is 65.7 Å². The Morgan fingerprint density at radius 2 is 1.90 bits per heavy atom. The van der Waals surface area contributed by atoms with E-state index in [0.29, 0.717) is 14.5 Å². The largest absolute Gasteiger partial charge is 0.492 e. The summed E-state index contributed by atoms with van der Waals surface area (Å²) in [5, 5.41) is 2.57. The number of rotatable bonds is 6. The lowest BCUT2D eigenvalue weighted by molar-refractivity contribution is 0.276. The van der Waals surface area contributed by atoms with Crippen molar-refractivity contribution in [2.24, 2.45) is 10.9 Å². The highest BCUT2D eigenvalue weighted by Gasteiger charge is 2.14. The lowest BCUT2D eigenvalue weighted by Gasteiger charge is -2.19. The summed E-state index contributed by atoms with van der Waals surface area (Å²) in [6, 6.07) is 13.0. The van der Waals surface area contributed by atoms with Gasteiger partial charge in [-0.25, -0.2) is 0 Å². The number of benzene rings is 2. The Kier molecular flexibility index (Phi) is 7.09. The molecule has 0 aromatic heterocycles. The number of ether oxygens (including phenoxy) is 1. The molecular formula is C26H32NOP. The maximum Gasteiger partial charge on any atom is 0.129 e. The van der Waals surface area contributed by atoms with Crippen molar-refractivity contribution in [1.82, 2.24) is 0 Å². The van der Waals surface area contributed by atoms with Gasteiger partial charge in [0.05, 0.1) is 12.1 Å². The van der Waals surface area contributed by atoms with Gasteiger partial charge < -0.3 is 4.74 Å². The van der Waals surface area contributed by atoms with Crippen LogP contribution in [-0.4, -0.2) is 18.4 Å². The van der Waals surface area contributed by atoms with Crippen molar-refractivity contribution < 1.29 is 4.74 Å². The van der Waals surface area contributed by atoms with Gasteiger partial charge in [-0.15, -0.1) is 0 Å². The molecule has 29 heavy (non-hydrogen) atoms. The summed E-state index contributed by atoms with van der Waals surface area (Å²) < 4.78 is 6.38. The molecular weight excluding hydrogens is 373 g/mol. The van der Waals surface area contributed by atoms with Gasteiger partial charge in [0.1, 0.15) is 5.75 Å². The Labute approximate surface area is 177 Å². The van der Waals surface area contributed by atoms with Crippen LogP contribution in [0.2, 0.25) is 0 Å².